The summed E-state index contributed by atoms with van der Waals surface area (Å²) in [5.41, 5.74) is 0.435. The monoisotopic (exact) mass is 224 g/mol. The maximum Gasteiger partial charge on any atom is 0.165 e. The summed E-state index contributed by atoms with van der Waals surface area (Å²) in [5, 5.41) is 0. The summed E-state index contributed by atoms with van der Waals surface area (Å²) in [6.07, 6.45) is 5.02. The number of unbranched alkanes of at least 4 members (excludes halogenated alkanes) is 3. The molecular weight excluding hydrogens is 207 g/mol. The Bertz CT molecular complexity index is 337. The molecule has 2 nitrogen and oxygen atoms in total. The summed E-state index contributed by atoms with van der Waals surface area (Å²) in [7, 11) is 0. The summed E-state index contributed by atoms with van der Waals surface area (Å²) in [6, 6.07) is 4.12. The highest BCUT2D eigenvalue weighted by Crippen LogP contribution is 2.18. The quantitative estimate of drug-likeness (QED) is 0.522. The highest BCUT2D eigenvalue weighted by atomic mass is 19.1. The number of aldehydes is 1. The molecule has 0 heterocycles. The number of hydrogen-bond donors (Lipinski definition) is 0. The van der Waals surface area contributed by atoms with Crippen molar-refractivity contribution in [2.24, 2.45) is 0 Å². The van der Waals surface area contributed by atoms with Crippen LogP contribution in [0, 0.1) is 5.82 Å². The van der Waals surface area contributed by atoms with Crippen molar-refractivity contribution in [1.29, 1.82) is 0 Å². The van der Waals surface area contributed by atoms with Crippen LogP contribution in [0.25, 0.3) is 0 Å². The molecular formula is C13H17FO2. The SMILES string of the molecule is CCCCCCOc1cc(C=O)ccc1F. The lowest BCUT2D eigenvalue weighted by atomic mass is 10.2. The van der Waals surface area contributed by atoms with Crippen LogP contribution in [0.4, 0.5) is 4.39 Å². The molecule has 0 saturated heterocycles. The van der Waals surface area contributed by atoms with Gasteiger partial charge in [-0.05, 0) is 24.6 Å². The zero-order valence-electron chi connectivity index (χ0n) is 9.54. The largest absolute Gasteiger partial charge is 0.490 e. The molecule has 0 fully saturated rings. The third kappa shape index (κ3) is 4.01. The minimum atomic E-state index is -0.416. The van der Waals surface area contributed by atoms with Gasteiger partial charge in [0, 0.05) is 5.56 Å². The van der Waals surface area contributed by atoms with Crippen molar-refractivity contribution in [2.75, 3.05) is 6.61 Å². The summed E-state index contributed by atoms with van der Waals surface area (Å²) in [5.74, 6) is -0.248. The van der Waals surface area contributed by atoms with E-state index in [9.17, 15) is 9.18 Å². The van der Waals surface area contributed by atoms with Crippen LogP contribution in [-0.4, -0.2) is 12.9 Å². The third-order valence-electron chi connectivity index (χ3n) is 2.35. The van der Waals surface area contributed by atoms with Crippen molar-refractivity contribution in [3.05, 3.63) is 29.6 Å². The van der Waals surface area contributed by atoms with Crippen molar-refractivity contribution in [1.82, 2.24) is 0 Å². The maximum atomic E-state index is 13.2. The van der Waals surface area contributed by atoms with Crippen LogP contribution in [0.5, 0.6) is 5.75 Å². The predicted octanol–water partition coefficient (Wildman–Crippen LogP) is 3.60. The fourth-order valence-electron chi connectivity index (χ4n) is 1.41. The van der Waals surface area contributed by atoms with Crippen LogP contribution in [0.15, 0.2) is 18.2 Å². The van der Waals surface area contributed by atoms with E-state index in [1.807, 2.05) is 0 Å². The number of hydrogen-bond acceptors (Lipinski definition) is 2. The molecule has 0 aliphatic heterocycles. The van der Waals surface area contributed by atoms with E-state index in [2.05, 4.69) is 6.92 Å². The van der Waals surface area contributed by atoms with Gasteiger partial charge in [0.05, 0.1) is 6.61 Å². The molecule has 0 bridgehead atoms. The Balaban J connectivity index is 2.43. The first-order valence-electron chi connectivity index (χ1n) is 5.65. The molecule has 0 aliphatic carbocycles. The Hall–Kier alpha value is -1.38. The number of rotatable bonds is 7. The normalized spacial score (nSPS) is 10.1. The van der Waals surface area contributed by atoms with Crippen LogP contribution >= 0.6 is 0 Å². The number of carbonyl (C=O) groups excluding carboxylic acids is 1. The van der Waals surface area contributed by atoms with E-state index in [1.165, 1.54) is 24.6 Å². The van der Waals surface area contributed by atoms with Crippen LogP contribution < -0.4 is 4.74 Å². The molecule has 0 N–H and O–H groups in total. The molecule has 0 radical (unpaired) electrons. The fourth-order valence-corrected chi connectivity index (χ4v) is 1.41. The summed E-state index contributed by atoms with van der Waals surface area (Å²) in [4.78, 5) is 10.5. The molecule has 1 aromatic rings. The molecule has 3 heteroatoms. The molecule has 0 spiro atoms. The topological polar surface area (TPSA) is 26.3 Å². The van der Waals surface area contributed by atoms with E-state index in [4.69, 9.17) is 4.74 Å². The van der Waals surface area contributed by atoms with Crippen LogP contribution in [0.2, 0.25) is 0 Å². The zero-order valence-corrected chi connectivity index (χ0v) is 9.54. The van der Waals surface area contributed by atoms with Crippen molar-refractivity contribution in [3.63, 3.8) is 0 Å². The van der Waals surface area contributed by atoms with Gasteiger partial charge in [-0.15, -0.1) is 0 Å². The molecule has 1 rings (SSSR count). The molecule has 88 valence electrons. The lowest BCUT2D eigenvalue weighted by Gasteiger charge is -2.07. The molecule has 1 aromatic carbocycles. The first-order chi connectivity index (χ1) is 7.77. The summed E-state index contributed by atoms with van der Waals surface area (Å²) >= 11 is 0. The first-order valence-corrected chi connectivity index (χ1v) is 5.65. The Morgan fingerprint density at radius 3 is 2.81 bits per heavy atom. The van der Waals surface area contributed by atoms with E-state index in [-0.39, 0.29) is 5.75 Å². The second-order valence-electron chi connectivity index (χ2n) is 3.72. The highest BCUT2D eigenvalue weighted by Gasteiger charge is 2.04. The first kappa shape index (κ1) is 12.7. The van der Waals surface area contributed by atoms with Gasteiger partial charge < -0.3 is 4.74 Å². The van der Waals surface area contributed by atoms with Gasteiger partial charge in [0.2, 0.25) is 0 Å². The average Bonchev–Trinajstić information content (AvgIpc) is 2.31. The molecule has 0 aliphatic rings. The van der Waals surface area contributed by atoms with E-state index >= 15 is 0 Å². The minimum Gasteiger partial charge on any atom is -0.490 e. The van der Waals surface area contributed by atoms with Gasteiger partial charge in [-0.3, -0.25) is 4.79 Å². The van der Waals surface area contributed by atoms with Gasteiger partial charge in [-0.2, -0.15) is 0 Å². The van der Waals surface area contributed by atoms with E-state index in [1.54, 1.807) is 0 Å². The van der Waals surface area contributed by atoms with Gasteiger partial charge in [-0.25, -0.2) is 4.39 Å². The molecule has 0 atom stereocenters. The van der Waals surface area contributed by atoms with Crippen LogP contribution in [0.3, 0.4) is 0 Å². The number of carbonyl (C=O) groups is 1. The second kappa shape index (κ2) is 6.99. The Labute approximate surface area is 95.4 Å². The Morgan fingerprint density at radius 1 is 1.31 bits per heavy atom. The Morgan fingerprint density at radius 2 is 2.12 bits per heavy atom. The van der Waals surface area contributed by atoms with Gasteiger partial charge in [0.15, 0.2) is 11.6 Å². The Kier molecular flexibility index (Phi) is 5.54. The molecule has 0 amide bonds. The maximum absolute atomic E-state index is 13.2. The van der Waals surface area contributed by atoms with Crippen molar-refractivity contribution in [2.45, 2.75) is 32.6 Å². The number of halogens is 1. The minimum absolute atomic E-state index is 0.168. The van der Waals surface area contributed by atoms with Gasteiger partial charge in [0.25, 0.3) is 0 Å². The van der Waals surface area contributed by atoms with Gasteiger partial charge in [-0.1, -0.05) is 26.2 Å². The third-order valence-corrected chi connectivity index (χ3v) is 2.35. The van der Waals surface area contributed by atoms with Crippen LogP contribution in [-0.2, 0) is 0 Å². The van der Waals surface area contributed by atoms with Crippen LogP contribution in [0.1, 0.15) is 43.0 Å². The van der Waals surface area contributed by atoms with Crippen molar-refractivity contribution in [3.8, 4) is 5.75 Å². The zero-order chi connectivity index (χ0) is 11.8. The van der Waals surface area contributed by atoms with E-state index in [0.717, 1.165) is 19.3 Å². The highest BCUT2D eigenvalue weighted by molar-refractivity contribution is 5.75. The predicted molar refractivity (Wildman–Crippen MR) is 61.4 cm³/mol. The molecule has 16 heavy (non-hydrogen) atoms. The number of ether oxygens (including phenoxy) is 1. The van der Waals surface area contributed by atoms with E-state index < -0.39 is 5.82 Å². The average molecular weight is 224 g/mol. The van der Waals surface area contributed by atoms with Gasteiger partial charge >= 0.3 is 0 Å². The lowest BCUT2D eigenvalue weighted by Crippen LogP contribution is -2.00. The van der Waals surface area contributed by atoms with E-state index in [0.29, 0.717) is 18.5 Å². The van der Waals surface area contributed by atoms with Crippen molar-refractivity contribution >= 4 is 6.29 Å². The molecule has 0 unspecified atom stereocenters. The smallest absolute Gasteiger partial charge is 0.165 e. The molecule has 0 saturated carbocycles. The van der Waals surface area contributed by atoms with Gasteiger partial charge in [0.1, 0.15) is 6.29 Å². The standard InChI is InChI=1S/C13H17FO2/c1-2-3-4-5-8-16-13-9-11(10-15)6-7-12(13)14/h6-7,9-10H,2-5,8H2,1H3. The van der Waals surface area contributed by atoms with Crippen molar-refractivity contribution < 1.29 is 13.9 Å². The number of benzene rings is 1. The second-order valence-corrected chi connectivity index (χ2v) is 3.72. The summed E-state index contributed by atoms with van der Waals surface area (Å²) in [6.45, 7) is 2.63. The molecule has 0 aromatic heterocycles. The fraction of sp³-hybridized carbons (Fsp3) is 0.462. The lowest BCUT2D eigenvalue weighted by molar-refractivity contribution is 0.112. The summed E-state index contributed by atoms with van der Waals surface area (Å²) < 4.78 is 18.5.